The van der Waals surface area contributed by atoms with Gasteiger partial charge < -0.3 is 14.7 Å². The Bertz CT molecular complexity index is 862. The third-order valence-corrected chi connectivity index (χ3v) is 4.77. The van der Waals surface area contributed by atoms with Crippen molar-refractivity contribution in [2.45, 2.75) is 19.2 Å². The number of ether oxygens (including phenoxy) is 1. The summed E-state index contributed by atoms with van der Waals surface area (Å²) in [6, 6.07) is 12.7. The first-order valence-corrected chi connectivity index (χ1v) is 8.41. The van der Waals surface area contributed by atoms with Crippen LogP contribution < -0.4 is 4.74 Å². The molecule has 0 spiro atoms. The number of rotatable bonds is 4. The number of nitrogens with zero attached hydrogens (tertiary/aromatic N) is 1. The van der Waals surface area contributed by atoms with Gasteiger partial charge in [-0.05, 0) is 18.4 Å². The van der Waals surface area contributed by atoms with Crippen LogP contribution in [0.15, 0.2) is 42.5 Å². The van der Waals surface area contributed by atoms with Crippen molar-refractivity contribution in [3.05, 3.63) is 42.5 Å². The summed E-state index contributed by atoms with van der Waals surface area (Å²) in [7, 11) is 0. The first-order chi connectivity index (χ1) is 12.7. The van der Waals surface area contributed by atoms with Crippen molar-refractivity contribution in [3.63, 3.8) is 0 Å². The lowest BCUT2D eigenvalue weighted by Crippen LogP contribution is -2.40. The minimum absolute atomic E-state index is 0.440. The summed E-state index contributed by atoms with van der Waals surface area (Å²) in [6.07, 6.45) is -5.73. The second-order valence-electron chi connectivity index (χ2n) is 6.57. The maximum absolute atomic E-state index is 13.1. The van der Waals surface area contributed by atoms with E-state index >= 15 is 0 Å². The summed E-state index contributed by atoms with van der Waals surface area (Å²) in [4.78, 5) is 24.7. The molecule has 1 unspecified atom stereocenters. The van der Waals surface area contributed by atoms with Crippen molar-refractivity contribution in [2.75, 3.05) is 13.1 Å². The van der Waals surface area contributed by atoms with E-state index in [1.54, 1.807) is 12.1 Å². The Morgan fingerprint density at radius 1 is 1.15 bits per heavy atom. The second kappa shape index (κ2) is 7.09. The van der Waals surface area contributed by atoms with E-state index in [4.69, 9.17) is 9.84 Å². The lowest BCUT2D eigenvalue weighted by atomic mass is 9.96. The van der Waals surface area contributed by atoms with E-state index in [-0.39, 0.29) is 0 Å². The molecule has 1 N–H and O–H groups in total. The number of carboxylic acid groups (broad SMARTS) is 1. The van der Waals surface area contributed by atoms with Gasteiger partial charge in [0.2, 0.25) is 0 Å². The molecule has 5 nitrogen and oxygen atoms in total. The summed E-state index contributed by atoms with van der Waals surface area (Å²) in [6.45, 7) is 0.283. The van der Waals surface area contributed by atoms with Gasteiger partial charge in [-0.25, -0.2) is 0 Å². The summed E-state index contributed by atoms with van der Waals surface area (Å²) < 4.78 is 45.0. The standard InChI is InChI=1S/C19H18F3NO4/c1-11(27-16-8-4-6-12-5-2-3-7-13(12)16)17(24)23-9-14(18(25)26)15(10-23)19(20,21)22/h2-8,11,14-15H,9-10H2,1H3,(H,25,26)/t11?,14-,15-/m1/s1. The van der Waals surface area contributed by atoms with Gasteiger partial charge in [-0.2, -0.15) is 13.2 Å². The molecule has 0 bridgehead atoms. The van der Waals surface area contributed by atoms with Crippen LogP contribution in [0, 0.1) is 11.8 Å². The van der Waals surface area contributed by atoms with E-state index in [1.165, 1.54) is 6.92 Å². The number of hydrogen-bond donors (Lipinski definition) is 1. The lowest BCUT2D eigenvalue weighted by molar-refractivity contribution is -0.188. The zero-order chi connectivity index (χ0) is 19.8. The van der Waals surface area contributed by atoms with Crippen molar-refractivity contribution in [3.8, 4) is 5.75 Å². The van der Waals surface area contributed by atoms with Crippen LogP contribution in [0.3, 0.4) is 0 Å². The summed E-state index contributed by atoms with van der Waals surface area (Å²) in [5, 5.41) is 10.7. The molecule has 2 aromatic rings. The molecule has 0 aliphatic carbocycles. The van der Waals surface area contributed by atoms with Gasteiger partial charge in [0.05, 0.1) is 11.8 Å². The van der Waals surface area contributed by atoms with E-state index < -0.39 is 49.1 Å². The maximum Gasteiger partial charge on any atom is 0.394 e. The summed E-state index contributed by atoms with van der Waals surface area (Å²) in [5.74, 6) is -5.53. The molecule has 27 heavy (non-hydrogen) atoms. The summed E-state index contributed by atoms with van der Waals surface area (Å²) in [5.41, 5.74) is 0. The average molecular weight is 381 g/mol. The van der Waals surface area contributed by atoms with Crippen molar-refractivity contribution < 1.29 is 32.6 Å². The Morgan fingerprint density at radius 3 is 2.44 bits per heavy atom. The summed E-state index contributed by atoms with van der Waals surface area (Å²) >= 11 is 0. The quantitative estimate of drug-likeness (QED) is 0.882. The number of benzene rings is 2. The van der Waals surface area contributed by atoms with E-state index in [1.807, 2.05) is 30.3 Å². The van der Waals surface area contributed by atoms with Crippen LogP contribution in [0.4, 0.5) is 13.2 Å². The molecule has 8 heteroatoms. The number of carbonyl (C=O) groups is 2. The van der Waals surface area contributed by atoms with Crippen molar-refractivity contribution in [1.82, 2.24) is 4.90 Å². The topological polar surface area (TPSA) is 66.8 Å². The van der Waals surface area contributed by atoms with E-state index in [0.717, 1.165) is 15.7 Å². The molecular weight excluding hydrogens is 363 g/mol. The van der Waals surface area contributed by atoms with Gasteiger partial charge in [0.1, 0.15) is 5.75 Å². The molecule has 1 heterocycles. The van der Waals surface area contributed by atoms with Crippen LogP contribution in [0.25, 0.3) is 10.8 Å². The highest BCUT2D eigenvalue weighted by molar-refractivity contribution is 5.89. The van der Waals surface area contributed by atoms with Crippen LogP contribution in [0.2, 0.25) is 0 Å². The molecule has 0 aromatic heterocycles. The first-order valence-electron chi connectivity index (χ1n) is 8.41. The molecule has 0 radical (unpaired) electrons. The first kappa shape index (κ1) is 19.0. The Hall–Kier alpha value is -2.77. The number of alkyl halides is 3. The molecule has 3 atom stereocenters. The van der Waals surface area contributed by atoms with E-state index in [0.29, 0.717) is 5.75 Å². The van der Waals surface area contributed by atoms with Crippen molar-refractivity contribution in [1.29, 1.82) is 0 Å². The monoisotopic (exact) mass is 381 g/mol. The molecule has 1 amide bonds. The fourth-order valence-electron chi connectivity index (χ4n) is 3.36. The normalized spacial score (nSPS) is 21.3. The third kappa shape index (κ3) is 3.84. The number of carbonyl (C=O) groups excluding carboxylic acids is 1. The van der Waals surface area contributed by atoms with Crippen molar-refractivity contribution in [2.24, 2.45) is 11.8 Å². The zero-order valence-electron chi connectivity index (χ0n) is 14.4. The fraction of sp³-hybridized carbons (Fsp3) is 0.368. The number of fused-ring (bicyclic) bond motifs is 1. The van der Waals surface area contributed by atoms with Crippen LogP contribution >= 0.6 is 0 Å². The van der Waals surface area contributed by atoms with Gasteiger partial charge in [0, 0.05) is 18.5 Å². The molecule has 3 rings (SSSR count). The molecule has 1 saturated heterocycles. The van der Waals surface area contributed by atoms with Crippen LogP contribution in [-0.4, -0.2) is 47.3 Å². The third-order valence-electron chi connectivity index (χ3n) is 4.77. The highest BCUT2D eigenvalue weighted by Crippen LogP contribution is 2.38. The van der Waals surface area contributed by atoms with Gasteiger partial charge in [0.25, 0.3) is 5.91 Å². The average Bonchev–Trinajstić information content (AvgIpc) is 3.07. The Kier molecular flexibility index (Phi) is 4.99. The Labute approximate surface area is 153 Å². The molecular formula is C19H18F3NO4. The van der Waals surface area contributed by atoms with Gasteiger partial charge in [-0.1, -0.05) is 36.4 Å². The second-order valence-corrected chi connectivity index (χ2v) is 6.57. The van der Waals surface area contributed by atoms with Gasteiger partial charge >= 0.3 is 12.1 Å². The highest BCUT2D eigenvalue weighted by Gasteiger charge is 2.53. The van der Waals surface area contributed by atoms with Crippen LogP contribution in [0.1, 0.15) is 6.92 Å². The minimum atomic E-state index is -4.68. The number of likely N-dealkylation sites (tertiary alicyclic amines) is 1. The number of amides is 1. The molecule has 1 aliphatic rings. The lowest BCUT2D eigenvalue weighted by Gasteiger charge is -2.22. The number of aliphatic carboxylic acids is 1. The molecule has 1 fully saturated rings. The smallest absolute Gasteiger partial charge is 0.394 e. The largest absolute Gasteiger partial charge is 0.481 e. The number of hydrogen-bond acceptors (Lipinski definition) is 3. The zero-order valence-corrected chi connectivity index (χ0v) is 14.4. The Balaban J connectivity index is 1.76. The van der Waals surface area contributed by atoms with Crippen molar-refractivity contribution >= 4 is 22.6 Å². The highest BCUT2D eigenvalue weighted by atomic mass is 19.4. The number of halogens is 3. The SMILES string of the molecule is CC(Oc1cccc2ccccc12)C(=O)N1C[C@@H](C(F)(F)F)[C@H](C(=O)O)C1. The minimum Gasteiger partial charge on any atom is -0.481 e. The van der Waals surface area contributed by atoms with Gasteiger partial charge in [0.15, 0.2) is 6.10 Å². The van der Waals surface area contributed by atoms with Gasteiger partial charge in [-0.3, -0.25) is 9.59 Å². The predicted octanol–water partition coefficient (Wildman–Crippen LogP) is 3.33. The predicted molar refractivity (Wildman–Crippen MR) is 91.3 cm³/mol. The van der Waals surface area contributed by atoms with Crippen LogP contribution in [-0.2, 0) is 9.59 Å². The molecule has 144 valence electrons. The molecule has 1 aliphatic heterocycles. The fourth-order valence-corrected chi connectivity index (χ4v) is 3.36. The maximum atomic E-state index is 13.1. The van der Waals surface area contributed by atoms with Gasteiger partial charge in [-0.15, -0.1) is 0 Å². The number of carboxylic acids is 1. The molecule has 2 aromatic carbocycles. The molecule has 0 saturated carbocycles. The van der Waals surface area contributed by atoms with Crippen LogP contribution in [0.5, 0.6) is 5.75 Å². The van der Waals surface area contributed by atoms with E-state index in [9.17, 15) is 22.8 Å². The Morgan fingerprint density at radius 2 is 1.81 bits per heavy atom. The van der Waals surface area contributed by atoms with E-state index in [2.05, 4.69) is 0 Å².